The summed E-state index contributed by atoms with van der Waals surface area (Å²) < 4.78 is 31.6. The summed E-state index contributed by atoms with van der Waals surface area (Å²) in [7, 11) is -3.90. The van der Waals surface area contributed by atoms with Crippen molar-refractivity contribution in [1.82, 2.24) is 5.32 Å². The zero-order valence-corrected chi connectivity index (χ0v) is 19.3. The summed E-state index contributed by atoms with van der Waals surface area (Å²) in [4.78, 5) is 23.2. The lowest BCUT2D eigenvalue weighted by atomic mass is 10.1. The molecular formula is C23H25N3O6S. The summed E-state index contributed by atoms with van der Waals surface area (Å²) in [5.74, 6) is 0.106. The molecule has 0 spiro atoms. The molecule has 0 aromatic heterocycles. The molecule has 33 heavy (non-hydrogen) atoms. The van der Waals surface area contributed by atoms with E-state index < -0.39 is 26.9 Å². The SMILES string of the molecule is Cc1ccc([N+](=O)[O-])cc1N(C(C)C(=O)NCCOc1ccc2ccccc2c1)S(C)(=O)=O. The molecule has 0 radical (unpaired) electrons. The van der Waals surface area contributed by atoms with Crippen molar-refractivity contribution in [2.45, 2.75) is 19.9 Å². The minimum Gasteiger partial charge on any atom is -0.492 e. The van der Waals surface area contributed by atoms with Gasteiger partial charge in [0.15, 0.2) is 0 Å². The number of nitrogens with zero attached hydrogens (tertiary/aromatic N) is 2. The van der Waals surface area contributed by atoms with Gasteiger partial charge in [0, 0.05) is 12.1 Å². The lowest BCUT2D eigenvalue weighted by Gasteiger charge is -2.29. The fourth-order valence-electron chi connectivity index (χ4n) is 3.48. The van der Waals surface area contributed by atoms with Gasteiger partial charge < -0.3 is 10.1 Å². The average molecular weight is 472 g/mol. The highest BCUT2D eigenvalue weighted by atomic mass is 32.2. The topological polar surface area (TPSA) is 119 Å². The lowest BCUT2D eigenvalue weighted by Crippen LogP contribution is -2.48. The molecule has 0 saturated heterocycles. The van der Waals surface area contributed by atoms with Crippen LogP contribution in [0.15, 0.2) is 60.7 Å². The lowest BCUT2D eigenvalue weighted by molar-refractivity contribution is -0.384. The molecule has 3 rings (SSSR count). The maximum Gasteiger partial charge on any atom is 0.271 e. The zero-order chi connectivity index (χ0) is 24.2. The number of non-ortho nitro benzene ring substituents is 1. The van der Waals surface area contributed by atoms with Gasteiger partial charge in [-0.1, -0.05) is 36.4 Å². The van der Waals surface area contributed by atoms with Crippen LogP contribution in [0.5, 0.6) is 5.75 Å². The second-order valence-electron chi connectivity index (χ2n) is 7.61. The molecule has 10 heteroatoms. The van der Waals surface area contributed by atoms with Crippen LogP contribution in [0.2, 0.25) is 0 Å². The van der Waals surface area contributed by atoms with Crippen LogP contribution < -0.4 is 14.4 Å². The van der Waals surface area contributed by atoms with Crippen LogP contribution in [0.4, 0.5) is 11.4 Å². The molecule has 1 atom stereocenters. The number of hydrogen-bond donors (Lipinski definition) is 1. The zero-order valence-electron chi connectivity index (χ0n) is 18.5. The van der Waals surface area contributed by atoms with Crippen molar-refractivity contribution < 1.29 is 22.9 Å². The van der Waals surface area contributed by atoms with Gasteiger partial charge >= 0.3 is 0 Å². The molecule has 3 aromatic rings. The smallest absolute Gasteiger partial charge is 0.271 e. The van der Waals surface area contributed by atoms with Gasteiger partial charge in [-0.2, -0.15) is 0 Å². The van der Waals surface area contributed by atoms with E-state index in [1.807, 2.05) is 42.5 Å². The van der Waals surface area contributed by atoms with Gasteiger partial charge in [0.1, 0.15) is 18.4 Å². The quantitative estimate of drug-likeness (QED) is 0.290. The van der Waals surface area contributed by atoms with E-state index in [9.17, 15) is 23.3 Å². The number of carbonyl (C=O) groups excluding carboxylic acids is 1. The number of ether oxygens (including phenoxy) is 1. The van der Waals surface area contributed by atoms with Crippen molar-refractivity contribution in [3.8, 4) is 5.75 Å². The Balaban J connectivity index is 1.67. The molecule has 1 unspecified atom stereocenters. The number of hydrogen-bond acceptors (Lipinski definition) is 6. The number of nitro groups is 1. The number of anilines is 1. The van der Waals surface area contributed by atoms with Crippen LogP contribution in [-0.4, -0.2) is 44.7 Å². The van der Waals surface area contributed by atoms with Crippen LogP contribution >= 0.6 is 0 Å². The third-order valence-electron chi connectivity index (χ3n) is 5.12. The van der Waals surface area contributed by atoms with Gasteiger partial charge in [0.2, 0.25) is 15.9 Å². The Morgan fingerprint density at radius 1 is 1.12 bits per heavy atom. The summed E-state index contributed by atoms with van der Waals surface area (Å²) in [5, 5.41) is 15.9. The number of sulfonamides is 1. The van der Waals surface area contributed by atoms with Crippen molar-refractivity contribution in [1.29, 1.82) is 0 Å². The first kappa shape index (κ1) is 24.0. The van der Waals surface area contributed by atoms with E-state index >= 15 is 0 Å². The number of carbonyl (C=O) groups is 1. The van der Waals surface area contributed by atoms with Crippen LogP contribution in [0.25, 0.3) is 10.8 Å². The van der Waals surface area contributed by atoms with Crippen LogP contribution in [0.3, 0.4) is 0 Å². The highest BCUT2D eigenvalue weighted by Gasteiger charge is 2.31. The number of fused-ring (bicyclic) bond motifs is 1. The third kappa shape index (κ3) is 5.78. The molecule has 0 saturated carbocycles. The summed E-state index contributed by atoms with van der Waals surface area (Å²) >= 11 is 0. The predicted molar refractivity (Wildman–Crippen MR) is 127 cm³/mol. The van der Waals surface area contributed by atoms with Gasteiger partial charge in [-0.05, 0) is 42.3 Å². The van der Waals surface area contributed by atoms with Crippen LogP contribution in [0.1, 0.15) is 12.5 Å². The van der Waals surface area contributed by atoms with Crippen molar-refractivity contribution in [2.24, 2.45) is 0 Å². The summed E-state index contributed by atoms with van der Waals surface area (Å²) in [6.45, 7) is 3.39. The van der Waals surface area contributed by atoms with E-state index in [1.54, 1.807) is 6.92 Å². The second-order valence-corrected chi connectivity index (χ2v) is 9.47. The Morgan fingerprint density at radius 3 is 2.48 bits per heavy atom. The molecule has 0 aliphatic heterocycles. The second kappa shape index (κ2) is 9.86. The van der Waals surface area contributed by atoms with E-state index in [0.717, 1.165) is 27.4 Å². The van der Waals surface area contributed by atoms with E-state index in [-0.39, 0.29) is 24.5 Å². The average Bonchev–Trinajstić information content (AvgIpc) is 2.76. The van der Waals surface area contributed by atoms with Crippen molar-refractivity contribution in [3.05, 3.63) is 76.3 Å². The van der Waals surface area contributed by atoms with Gasteiger partial charge in [-0.15, -0.1) is 0 Å². The van der Waals surface area contributed by atoms with Gasteiger partial charge in [-0.25, -0.2) is 8.42 Å². The number of nitro benzene ring substituents is 1. The third-order valence-corrected chi connectivity index (χ3v) is 6.35. The van der Waals surface area contributed by atoms with E-state index in [0.29, 0.717) is 11.3 Å². The largest absolute Gasteiger partial charge is 0.492 e. The fraction of sp³-hybridized carbons (Fsp3) is 0.261. The van der Waals surface area contributed by atoms with Crippen molar-refractivity contribution in [2.75, 3.05) is 23.7 Å². The highest BCUT2D eigenvalue weighted by molar-refractivity contribution is 7.92. The monoisotopic (exact) mass is 471 g/mol. The minimum atomic E-state index is -3.90. The van der Waals surface area contributed by atoms with Crippen molar-refractivity contribution in [3.63, 3.8) is 0 Å². The number of aryl methyl sites for hydroxylation is 1. The van der Waals surface area contributed by atoms with Gasteiger partial charge in [0.25, 0.3) is 5.69 Å². The molecular weight excluding hydrogens is 446 g/mol. The Labute approximate surface area is 192 Å². The summed E-state index contributed by atoms with van der Waals surface area (Å²) in [6.07, 6.45) is 0.956. The van der Waals surface area contributed by atoms with E-state index in [2.05, 4.69) is 5.32 Å². The molecule has 3 aromatic carbocycles. The van der Waals surface area contributed by atoms with E-state index in [4.69, 9.17) is 4.74 Å². The molecule has 0 aliphatic carbocycles. The first-order chi connectivity index (χ1) is 15.6. The Kier molecular flexibility index (Phi) is 7.17. The van der Waals surface area contributed by atoms with E-state index in [1.165, 1.54) is 19.1 Å². The van der Waals surface area contributed by atoms with Crippen LogP contribution in [0, 0.1) is 17.0 Å². The summed E-state index contributed by atoms with van der Waals surface area (Å²) in [6, 6.07) is 16.3. The van der Waals surface area contributed by atoms with Gasteiger partial charge in [0.05, 0.1) is 23.4 Å². The molecule has 0 aliphatic rings. The standard InChI is InChI=1S/C23H25N3O6S/c1-16-8-10-20(26(28)29)15-22(16)25(33(3,30)31)17(2)23(27)24-12-13-32-21-11-9-18-6-4-5-7-19(18)14-21/h4-11,14-15,17H,12-13H2,1-3H3,(H,24,27). The maximum absolute atomic E-state index is 12.7. The van der Waals surface area contributed by atoms with Crippen LogP contribution in [-0.2, 0) is 14.8 Å². The number of rotatable bonds is 9. The fourth-order valence-corrected chi connectivity index (χ4v) is 4.70. The van der Waals surface area contributed by atoms with Gasteiger partial charge in [-0.3, -0.25) is 19.2 Å². The summed E-state index contributed by atoms with van der Waals surface area (Å²) in [5.41, 5.74) is 0.313. The number of benzene rings is 3. The van der Waals surface area contributed by atoms with Crippen molar-refractivity contribution >= 4 is 38.1 Å². The molecule has 0 heterocycles. The molecule has 9 nitrogen and oxygen atoms in total. The molecule has 174 valence electrons. The highest BCUT2D eigenvalue weighted by Crippen LogP contribution is 2.29. The molecule has 0 fully saturated rings. The predicted octanol–water partition coefficient (Wildman–Crippen LogP) is 3.41. The first-order valence-corrected chi connectivity index (χ1v) is 12.1. The number of amides is 1. The Bertz CT molecular complexity index is 1290. The molecule has 0 bridgehead atoms. The maximum atomic E-state index is 12.7. The molecule has 1 amide bonds. The Morgan fingerprint density at radius 2 is 1.82 bits per heavy atom. The number of nitrogens with one attached hydrogen (secondary N) is 1. The minimum absolute atomic E-state index is 0.0850. The normalized spacial score (nSPS) is 12.2. The first-order valence-electron chi connectivity index (χ1n) is 10.2. The molecule has 1 N–H and O–H groups in total. The Hall–Kier alpha value is -3.66.